The van der Waals surface area contributed by atoms with E-state index in [1.165, 1.54) is 18.2 Å². The normalized spacial score (nSPS) is 10.3. The van der Waals surface area contributed by atoms with Crippen molar-refractivity contribution in [2.75, 3.05) is 20.2 Å². The summed E-state index contributed by atoms with van der Waals surface area (Å²) in [6.45, 7) is 3.52. The van der Waals surface area contributed by atoms with Gasteiger partial charge in [-0.3, -0.25) is 9.59 Å². The molecule has 0 radical (unpaired) electrons. The first-order valence-electron chi connectivity index (χ1n) is 8.14. The van der Waals surface area contributed by atoms with Gasteiger partial charge in [-0.25, -0.2) is 4.79 Å². The zero-order valence-corrected chi connectivity index (χ0v) is 15.1. The third kappa shape index (κ3) is 5.47. The third-order valence-corrected chi connectivity index (χ3v) is 3.92. The zero-order chi connectivity index (χ0) is 19.1. The zero-order valence-electron chi connectivity index (χ0n) is 15.1. The Kier molecular flexibility index (Phi) is 6.54. The predicted octanol–water partition coefficient (Wildman–Crippen LogP) is 1.83. The summed E-state index contributed by atoms with van der Waals surface area (Å²) in [5.74, 6) is -0.750. The van der Waals surface area contributed by atoms with Crippen LogP contribution in [0.2, 0.25) is 0 Å². The van der Waals surface area contributed by atoms with Crippen LogP contribution in [0.1, 0.15) is 27.2 Å². The molecule has 2 aromatic rings. The van der Waals surface area contributed by atoms with Crippen molar-refractivity contribution in [1.29, 1.82) is 0 Å². The first-order chi connectivity index (χ1) is 12.4. The Morgan fingerprint density at radius 1 is 1.15 bits per heavy atom. The summed E-state index contributed by atoms with van der Waals surface area (Å²) in [7, 11) is 1.47. The number of nitrogens with one attached hydrogen (secondary N) is 1. The maximum Gasteiger partial charge on any atom is 0.338 e. The van der Waals surface area contributed by atoms with Crippen LogP contribution < -0.4 is 5.32 Å². The van der Waals surface area contributed by atoms with E-state index in [0.29, 0.717) is 11.3 Å². The molecule has 138 valence electrons. The number of furan rings is 1. The first kappa shape index (κ1) is 19.2. The van der Waals surface area contributed by atoms with E-state index in [-0.39, 0.29) is 19.0 Å². The summed E-state index contributed by atoms with van der Waals surface area (Å²) in [5, 5.41) is 2.64. The van der Waals surface area contributed by atoms with Gasteiger partial charge in [0.15, 0.2) is 6.61 Å². The number of hydrogen-bond donors (Lipinski definition) is 1. The maximum atomic E-state index is 12.0. The van der Waals surface area contributed by atoms with E-state index >= 15 is 0 Å². The van der Waals surface area contributed by atoms with Crippen LogP contribution >= 0.6 is 0 Å². The van der Waals surface area contributed by atoms with Crippen molar-refractivity contribution in [3.8, 4) is 0 Å². The summed E-state index contributed by atoms with van der Waals surface area (Å²) in [6.07, 6.45) is 1.51. The van der Waals surface area contributed by atoms with Crippen LogP contribution in [0.5, 0.6) is 0 Å². The van der Waals surface area contributed by atoms with Gasteiger partial charge in [0.1, 0.15) is 5.76 Å². The van der Waals surface area contributed by atoms with Gasteiger partial charge in [0.2, 0.25) is 5.91 Å². The Hall–Kier alpha value is -3.09. The number of aryl methyl sites for hydroxylation is 2. The van der Waals surface area contributed by atoms with Crippen LogP contribution in [0, 0.1) is 13.8 Å². The molecule has 1 N–H and O–H groups in total. The highest BCUT2D eigenvalue weighted by atomic mass is 16.5. The number of benzene rings is 1. The van der Waals surface area contributed by atoms with Crippen LogP contribution in [0.25, 0.3) is 0 Å². The van der Waals surface area contributed by atoms with Crippen molar-refractivity contribution in [3.63, 3.8) is 0 Å². The molecule has 2 amide bonds. The van der Waals surface area contributed by atoms with Gasteiger partial charge in [0, 0.05) is 7.05 Å². The summed E-state index contributed by atoms with van der Waals surface area (Å²) in [6, 6.07) is 8.65. The number of nitrogens with zero attached hydrogens (tertiary/aromatic N) is 1. The summed E-state index contributed by atoms with van der Waals surface area (Å²) < 4.78 is 10.1. The largest absolute Gasteiger partial charge is 0.467 e. The number of amides is 2. The molecular formula is C19H22N2O5. The summed E-state index contributed by atoms with van der Waals surface area (Å²) >= 11 is 0. The third-order valence-electron chi connectivity index (χ3n) is 3.92. The molecule has 0 saturated carbocycles. The molecule has 0 unspecified atom stereocenters. The SMILES string of the molecule is Cc1ccc(C(=O)OCC(=O)N(C)CC(=O)NCc2ccco2)cc1C. The minimum Gasteiger partial charge on any atom is -0.467 e. The molecule has 26 heavy (non-hydrogen) atoms. The molecule has 1 heterocycles. The lowest BCUT2D eigenvalue weighted by atomic mass is 10.1. The Morgan fingerprint density at radius 3 is 2.58 bits per heavy atom. The highest BCUT2D eigenvalue weighted by Gasteiger charge is 2.16. The van der Waals surface area contributed by atoms with Crippen LogP contribution in [0.15, 0.2) is 41.0 Å². The first-order valence-corrected chi connectivity index (χ1v) is 8.14. The molecule has 1 aromatic heterocycles. The molecule has 0 atom stereocenters. The van der Waals surface area contributed by atoms with Gasteiger partial charge in [-0.1, -0.05) is 6.07 Å². The van der Waals surface area contributed by atoms with Gasteiger partial charge in [0.05, 0.1) is 24.9 Å². The van der Waals surface area contributed by atoms with E-state index in [1.807, 2.05) is 19.9 Å². The minimum atomic E-state index is -0.572. The highest BCUT2D eigenvalue weighted by molar-refractivity contribution is 5.92. The standard InChI is InChI=1S/C19H22N2O5/c1-13-6-7-15(9-14(13)2)19(24)26-12-18(23)21(3)11-17(22)20-10-16-5-4-8-25-16/h4-9H,10-12H2,1-3H3,(H,20,22). The molecule has 7 nitrogen and oxygen atoms in total. The quantitative estimate of drug-likeness (QED) is 0.763. The molecule has 1 aromatic carbocycles. The molecule has 0 bridgehead atoms. The Labute approximate surface area is 151 Å². The van der Waals surface area contributed by atoms with E-state index < -0.39 is 18.5 Å². The molecule has 7 heteroatoms. The van der Waals surface area contributed by atoms with E-state index in [1.54, 1.807) is 24.3 Å². The van der Waals surface area contributed by atoms with Gasteiger partial charge < -0.3 is 19.4 Å². The Balaban J connectivity index is 1.76. The van der Waals surface area contributed by atoms with Gasteiger partial charge in [-0.2, -0.15) is 0 Å². The summed E-state index contributed by atoms with van der Waals surface area (Å²) in [5.41, 5.74) is 2.42. The number of carbonyl (C=O) groups excluding carboxylic acids is 3. The van der Waals surface area contributed by atoms with Gasteiger partial charge in [-0.05, 0) is 49.2 Å². The number of hydrogen-bond acceptors (Lipinski definition) is 5. The molecule has 2 rings (SSSR count). The second-order valence-electron chi connectivity index (χ2n) is 5.98. The fraction of sp³-hybridized carbons (Fsp3) is 0.316. The second-order valence-corrected chi connectivity index (χ2v) is 5.98. The monoisotopic (exact) mass is 358 g/mol. The topological polar surface area (TPSA) is 88.9 Å². The lowest BCUT2D eigenvalue weighted by Gasteiger charge is -2.16. The van der Waals surface area contributed by atoms with Crippen molar-refractivity contribution in [1.82, 2.24) is 10.2 Å². The van der Waals surface area contributed by atoms with Crippen LogP contribution in [-0.2, 0) is 20.9 Å². The van der Waals surface area contributed by atoms with Gasteiger partial charge >= 0.3 is 5.97 Å². The Morgan fingerprint density at radius 2 is 1.92 bits per heavy atom. The fourth-order valence-electron chi connectivity index (χ4n) is 2.15. The van der Waals surface area contributed by atoms with Crippen LogP contribution in [-0.4, -0.2) is 42.9 Å². The van der Waals surface area contributed by atoms with E-state index in [2.05, 4.69) is 5.32 Å². The minimum absolute atomic E-state index is 0.138. The number of carbonyl (C=O) groups is 3. The number of ether oxygens (including phenoxy) is 1. The average molecular weight is 358 g/mol. The molecule has 0 saturated heterocycles. The Bertz CT molecular complexity index is 783. The van der Waals surface area contributed by atoms with Crippen LogP contribution in [0.3, 0.4) is 0 Å². The molecule has 0 aliphatic heterocycles. The van der Waals surface area contributed by atoms with Crippen molar-refractivity contribution >= 4 is 17.8 Å². The molecule has 0 aliphatic rings. The lowest BCUT2D eigenvalue weighted by Crippen LogP contribution is -2.39. The van der Waals surface area contributed by atoms with Crippen LogP contribution in [0.4, 0.5) is 0 Å². The number of rotatable bonds is 7. The lowest BCUT2D eigenvalue weighted by molar-refractivity contribution is -0.137. The molecule has 0 fully saturated rings. The number of likely N-dealkylation sites (N-methyl/N-ethyl adjacent to an activating group) is 1. The predicted molar refractivity (Wildman–Crippen MR) is 94.4 cm³/mol. The second kappa shape index (κ2) is 8.84. The van der Waals surface area contributed by atoms with Gasteiger partial charge in [0.25, 0.3) is 5.91 Å². The maximum absolute atomic E-state index is 12.0. The molecule has 0 aliphatic carbocycles. The summed E-state index contributed by atoms with van der Waals surface area (Å²) in [4.78, 5) is 37.1. The van der Waals surface area contributed by atoms with Crippen molar-refractivity contribution in [2.24, 2.45) is 0 Å². The smallest absolute Gasteiger partial charge is 0.338 e. The van der Waals surface area contributed by atoms with Crippen molar-refractivity contribution in [2.45, 2.75) is 20.4 Å². The van der Waals surface area contributed by atoms with Crippen molar-refractivity contribution in [3.05, 3.63) is 59.0 Å². The molecule has 0 spiro atoms. The van der Waals surface area contributed by atoms with E-state index in [4.69, 9.17) is 9.15 Å². The highest BCUT2D eigenvalue weighted by Crippen LogP contribution is 2.10. The van der Waals surface area contributed by atoms with E-state index in [0.717, 1.165) is 11.1 Å². The van der Waals surface area contributed by atoms with Gasteiger partial charge in [-0.15, -0.1) is 0 Å². The fourth-order valence-corrected chi connectivity index (χ4v) is 2.15. The number of esters is 1. The molecular weight excluding hydrogens is 336 g/mol. The average Bonchev–Trinajstić information content (AvgIpc) is 3.13. The van der Waals surface area contributed by atoms with E-state index in [9.17, 15) is 14.4 Å². The van der Waals surface area contributed by atoms with Crippen molar-refractivity contribution < 1.29 is 23.5 Å².